The molecule has 0 heterocycles. The third kappa shape index (κ3) is 5.79. The fourth-order valence-electron chi connectivity index (χ4n) is 2.13. The number of anilines is 2. The van der Waals surface area contributed by atoms with E-state index in [1.165, 1.54) is 0 Å². The van der Waals surface area contributed by atoms with Gasteiger partial charge in [0, 0.05) is 37.2 Å². The molecule has 0 unspecified atom stereocenters. The highest BCUT2D eigenvalue weighted by Crippen LogP contribution is 2.29. The smallest absolute Gasteiger partial charge is 0.385 e. The van der Waals surface area contributed by atoms with E-state index in [4.69, 9.17) is 4.74 Å². The average Bonchev–Trinajstić information content (AvgIpc) is 2.59. The molecule has 0 atom stereocenters. The van der Waals surface area contributed by atoms with Crippen LogP contribution in [0.3, 0.4) is 0 Å². The van der Waals surface area contributed by atoms with Crippen molar-refractivity contribution in [2.75, 3.05) is 30.9 Å². The first-order valence-electron chi connectivity index (χ1n) is 7.71. The largest absolute Gasteiger partial charge is 0.416 e. The Morgan fingerprint density at radius 1 is 1.00 bits per heavy atom. The summed E-state index contributed by atoms with van der Waals surface area (Å²) in [7, 11) is 1.65. The van der Waals surface area contributed by atoms with E-state index in [0.717, 1.165) is 42.9 Å². The maximum Gasteiger partial charge on any atom is 0.416 e. The molecule has 0 spiro atoms. The Hall–Kier alpha value is -2.54. The van der Waals surface area contributed by atoms with E-state index in [-0.39, 0.29) is 5.56 Å². The fourth-order valence-corrected chi connectivity index (χ4v) is 2.13. The van der Waals surface area contributed by atoms with Crippen molar-refractivity contribution in [2.45, 2.75) is 12.6 Å². The van der Waals surface area contributed by atoms with E-state index in [2.05, 4.69) is 10.6 Å². The molecule has 4 nitrogen and oxygen atoms in total. The number of carbonyl (C=O) groups excluding carboxylic acids is 1. The van der Waals surface area contributed by atoms with Crippen molar-refractivity contribution in [3.63, 3.8) is 0 Å². The number of ether oxygens (including phenoxy) is 1. The molecule has 0 saturated carbocycles. The van der Waals surface area contributed by atoms with Crippen molar-refractivity contribution < 1.29 is 22.7 Å². The zero-order valence-corrected chi connectivity index (χ0v) is 13.7. The van der Waals surface area contributed by atoms with E-state index < -0.39 is 17.6 Å². The maximum atomic E-state index is 12.5. The minimum absolute atomic E-state index is 0.162. The van der Waals surface area contributed by atoms with Crippen LogP contribution in [0.5, 0.6) is 0 Å². The first-order chi connectivity index (χ1) is 11.9. The second-order valence-electron chi connectivity index (χ2n) is 5.38. The highest BCUT2D eigenvalue weighted by atomic mass is 19.4. The summed E-state index contributed by atoms with van der Waals surface area (Å²) < 4.78 is 42.5. The van der Waals surface area contributed by atoms with Gasteiger partial charge in [-0.3, -0.25) is 4.79 Å². The molecule has 0 aromatic heterocycles. The van der Waals surface area contributed by atoms with Gasteiger partial charge in [0.1, 0.15) is 0 Å². The number of hydrogen-bond acceptors (Lipinski definition) is 3. The molecule has 0 fully saturated rings. The minimum atomic E-state index is -4.42. The fraction of sp³-hybridized carbons (Fsp3) is 0.278. The summed E-state index contributed by atoms with van der Waals surface area (Å²) in [5, 5.41) is 5.86. The van der Waals surface area contributed by atoms with Gasteiger partial charge in [-0.05, 0) is 55.0 Å². The molecule has 0 bridgehead atoms. The third-order valence-electron chi connectivity index (χ3n) is 3.47. The second-order valence-corrected chi connectivity index (χ2v) is 5.38. The number of benzene rings is 2. The maximum absolute atomic E-state index is 12.5. The summed E-state index contributed by atoms with van der Waals surface area (Å²) in [6.45, 7) is 1.44. The number of halogens is 3. The molecule has 0 radical (unpaired) electrons. The molecular weight excluding hydrogens is 333 g/mol. The van der Waals surface area contributed by atoms with Gasteiger partial charge in [-0.2, -0.15) is 13.2 Å². The van der Waals surface area contributed by atoms with Gasteiger partial charge in [0.25, 0.3) is 5.91 Å². The van der Waals surface area contributed by atoms with E-state index in [1.54, 1.807) is 19.2 Å². The molecule has 2 aromatic rings. The van der Waals surface area contributed by atoms with Crippen molar-refractivity contribution in [1.82, 2.24) is 0 Å². The summed E-state index contributed by atoms with van der Waals surface area (Å²) in [6.07, 6.45) is -3.54. The minimum Gasteiger partial charge on any atom is -0.385 e. The SMILES string of the molecule is COCCCNc1ccc(NC(=O)c2ccc(C(F)(F)F)cc2)cc1. The molecule has 25 heavy (non-hydrogen) atoms. The number of rotatable bonds is 7. The highest BCUT2D eigenvalue weighted by Gasteiger charge is 2.30. The zero-order valence-electron chi connectivity index (χ0n) is 13.7. The number of amides is 1. The Balaban J connectivity index is 1.92. The van der Waals surface area contributed by atoms with E-state index in [9.17, 15) is 18.0 Å². The van der Waals surface area contributed by atoms with Crippen molar-refractivity contribution in [1.29, 1.82) is 0 Å². The monoisotopic (exact) mass is 352 g/mol. The van der Waals surface area contributed by atoms with Crippen molar-refractivity contribution >= 4 is 17.3 Å². The van der Waals surface area contributed by atoms with Crippen LogP contribution in [-0.2, 0) is 10.9 Å². The standard InChI is InChI=1S/C18H19F3N2O2/c1-25-12-2-11-22-15-7-9-16(10-8-15)23-17(24)13-3-5-14(6-4-13)18(19,20)21/h3-10,22H,2,11-12H2,1H3,(H,23,24). The number of hydrogen-bond donors (Lipinski definition) is 2. The molecule has 2 aromatic carbocycles. The lowest BCUT2D eigenvalue weighted by atomic mass is 10.1. The Labute approximate surface area is 144 Å². The molecule has 1 amide bonds. The topological polar surface area (TPSA) is 50.4 Å². The predicted molar refractivity (Wildman–Crippen MR) is 90.8 cm³/mol. The number of carbonyl (C=O) groups is 1. The van der Waals surface area contributed by atoms with Gasteiger partial charge in [-0.15, -0.1) is 0 Å². The van der Waals surface area contributed by atoms with E-state index in [1.807, 2.05) is 12.1 Å². The van der Waals surface area contributed by atoms with Crippen LogP contribution >= 0.6 is 0 Å². The van der Waals surface area contributed by atoms with Crippen LogP contribution in [0, 0.1) is 0 Å². The van der Waals surface area contributed by atoms with Crippen LogP contribution in [0.2, 0.25) is 0 Å². The van der Waals surface area contributed by atoms with Crippen LogP contribution in [-0.4, -0.2) is 26.2 Å². The molecule has 2 rings (SSSR count). The Morgan fingerprint density at radius 2 is 1.60 bits per heavy atom. The summed E-state index contributed by atoms with van der Waals surface area (Å²) in [4.78, 5) is 12.1. The van der Waals surface area contributed by atoms with Gasteiger partial charge < -0.3 is 15.4 Å². The molecule has 0 aliphatic carbocycles. The van der Waals surface area contributed by atoms with Gasteiger partial charge in [-0.25, -0.2) is 0 Å². The molecule has 0 aliphatic rings. The van der Waals surface area contributed by atoms with Crippen molar-refractivity contribution in [3.05, 3.63) is 59.7 Å². The molecule has 0 saturated heterocycles. The summed E-state index contributed by atoms with van der Waals surface area (Å²) in [5.74, 6) is -0.463. The summed E-state index contributed by atoms with van der Waals surface area (Å²) >= 11 is 0. The van der Waals surface area contributed by atoms with Crippen molar-refractivity contribution in [2.24, 2.45) is 0 Å². The van der Waals surface area contributed by atoms with E-state index in [0.29, 0.717) is 12.3 Å². The van der Waals surface area contributed by atoms with Crippen LogP contribution in [0.25, 0.3) is 0 Å². The summed E-state index contributed by atoms with van der Waals surface area (Å²) in [6, 6.07) is 11.2. The number of nitrogens with one attached hydrogen (secondary N) is 2. The van der Waals surface area contributed by atoms with Gasteiger partial charge >= 0.3 is 6.18 Å². The van der Waals surface area contributed by atoms with Gasteiger partial charge in [0.15, 0.2) is 0 Å². The summed E-state index contributed by atoms with van der Waals surface area (Å²) in [5.41, 5.74) is 0.846. The van der Waals surface area contributed by atoms with Crippen LogP contribution < -0.4 is 10.6 Å². The Morgan fingerprint density at radius 3 is 2.16 bits per heavy atom. The first kappa shape index (κ1) is 18.8. The molecule has 134 valence electrons. The van der Waals surface area contributed by atoms with Crippen LogP contribution in [0.15, 0.2) is 48.5 Å². The molecule has 2 N–H and O–H groups in total. The van der Waals surface area contributed by atoms with Crippen molar-refractivity contribution in [3.8, 4) is 0 Å². The second kappa shape index (κ2) is 8.53. The number of methoxy groups -OCH3 is 1. The normalized spacial score (nSPS) is 11.2. The van der Waals surface area contributed by atoms with Gasteiger partial charge in [0.2, 0.25) is 0 Å². The average molecular weight is 352 g/mol. The molecular formula is C18H19F3N2O2. The lowest BCUT2D eigenvalue weighted by Gasteiger charge is -2.10. The quantitative estimate of drug-likeness (QED) is 0.726. The zero-order chi connectivity index (χ0) is 18.3. The number of alkyl halides is 3. The highest BCUT2D eigenvalue weighted by molar-refractivity contribution is 6.04. The predicted octanol–water partition coefficient (Wildman–Crippen LogP) is 4.41. The Kier molecular flexibility index (Phi) is 6.41. The van der Waals surface area contributed by atoms with Gasteiger partial charge in [-0.1, -0.05) is 0 Å². The Bertz CT molecular complexity index is 683. The van der Waals surface area contributed by atoms with Crippen LogP contribution in [0.4, 0.5) is 24.5 Å². The lowest BCUT2D eigenvalue weighted by molar-refractivity contribution is -0.137. The molecule has 7 heteroatoms. The first-order valence-corrected chi connectivity index (χ1v) is 7.71. The van der Waals surface area contributed by atoms with Crippen LogP contribution in [0.1, 0.15) is 22.3 Å². The third-order valence-corrected chi connectivity index (χ3v) is 3.47. The van der Waals surface area contributed by atoms with Gasteiger partial charge in [0.05, 0.1) is 5.56 Å². The van der Waals surface area contributed by atoms with E-state index >= 15 is 0 Å². The lowest BCUT2D eigenvalue weighted by Crippen LogP contribution is -2.13. The molecule has 0 aliphatic heterocycles.